The number of unbranched alkanes of at least 4 members (excludes halogenated alkanes) is 56. The summed E-state index contributed by atoms with van der Waals surface area (Å²) in [5, 5.41) is 23.2. The number of carbonyl (C=O) groups excluding carboxylic acids is 2. The van der Waals surface area contributed by atoms with Gasteiger partial charge >= 0.3 is 5.97 Å². The van der Waals surface area contributed by atoms with Crippen molar-refractivity contribution in [2.75, 3.05) is 13.2 Å². The normalized spacial score (nSPS) is 12.7. The molecule has 0 aromatic carbocycles. The summed E-state index contributed by atoms with van der Waals surface area (Å²) in [4.78, 5) is 24.6. The van der Waals surface area contributed by atoms with Gasteiger partial charge in [0.15, 0.2) is 0 Å². The molecule has 490 valence electrons. The van der Waals surface area contributed by atoms with E-state index in [2.05, 4.69) is 43.5 Å². The number of hydrogen-bond acceptors (Lipinski definition) is 5. The maximum absolute atomic E-state index is 12.5. The Labute approximate surface area is 519 Å². The number of nitrogens with one attached hydrogen (secondary N) is 1. The molecule has 0 fully saturated rings. The van der Waals surface area contributed by atoms with Crippen molar-refractivity contribution in [1.82, 2.24) is 5.32 Å². The Hall–Kier alpha value is -1.92. The third-order valence-corrected chi connectivity index (χ3v) is 17.6. The summed E-state index contributed by atoms with van der Waals surface area (Å²) in [5.74, 6) is -0.0504. The van der Waals surface area contributed by atoms with Gasteiger partial charge in [0.2, 0.25) is 5.91 Å². The summed E-state index contributed by atoms with van der Waals surface area (Å²) in [6.07, 6.45) is 94.0. The number of carbonyl (C=O) groups is 2. The largest absolute Gasteiger partial charge is 0.466 e. The first kappa shape index (κ1) is 81.1. The summed E-state index contributed by atoms with van der Waals surface area (Å²) < 4.78 is 5.48. The first-order chi connectivity index (χ1) is 41.0. The van der Waals surface area contributed by atoms with Crippen molar-refractivity contribution in [2.45, 2.75) is 431 Å². The molecule has 1 amide bonds. The third-order valence-electron chi connectivity index (χ3n) is 17.6. The summed E-state index contributed by atoms with van der Waals surface area (Å²) in [5.41, 5.74) is 0. The van der Waals surface area contributed by atoms with E-state index in [9.17, 15) is 19.8 Å². The van der Waals surface area contributed by atoms with Crippen LogP contribution in [0.2, 0.25) is 0 Å². The lowest BCUT2D eigenvalue weighted by Crippen LogP contribution is -2.45. The number of ether oxygens (including phenoxy) is 1. The van der Waals surface area contributed by atoms with E-state index in [0.717, 1.165) is 44.9 Å². The van der Waals surface area contributed by atoms with Crippen LogP contribution in [0.4, 0.5) is 0 Å². The Morgan fingerprint density at radius 1 is 0.325 bits per heavy atom. The van der Waals surface area contributed by atoms with Gasteiger partial charge in [0.25, 0.3) is 0 Å². The van der Waals surface area contributed by atoms with Crippen LogP contribution >= 0.6 is 0 Å². The van der Waals surface area contributed by atoms with Gasteiger partial charge in [0.05, 0.1) is 25.4 Å². The minimum Gasteiger partial charge on any atom is -0.466 e. The van der Waals surface area contributed by atoms with Crippen molar-refractivity contribution in [1.29, 1.82) is 0 Å². The first-order valence-electron chi connectivity index (χ1n) is 37.8. The van der Waals surface area contributed by atoms with E-state index in [1.807, 2.05) is 6.08 Å². The first-order valence-corrected chi connectivity index (χ1v) is 37.8. The van der Waals surface area contributed by atoms with Gasteiger partial charge in [-0.2, -0.15) is 0 Å². The van der Waals surface area contributed by atoms with Crippen LogP contribution in [0.3, 0.4) is 0 Å². The van der Waals surface area contributed by atoms with E-state index in [1.165, 1.54) is 347 Å². The highest BCUT2D eigenvalue weighted by Gasteiger charge is 2.18. The maximum Gasteiger partial charge on any atom is 0.305 e. The number of aliphatic hydroxyl groups excluding tert-OH is 2. The fourth-order valence-corrected chi connectivity index (χ4v) is 11.9. The van der Waals surface area contributed by atoms with Gasteiger partial charge in [-0.3, -0.25) is 9.59 Å². The molecule has 2 atom stereocenters. The van der Waals surface area contributed by atoms with Gasteiger partial charge in [-0.25, -0.2) is 0 Å². The molecular formula is C77H147NO5. The lowest BCUT2D eigenvalue weighted by molar-refractivity contribution is -0.143. The molecule has 2 unspecified atom stereocenters. The number of rotatable bonds is 71. The molecule has 0 radical (unpaired) electrons. The topological polar surface area (TPSA) is 95.9 Å². The summed E-state index contributed by atoms with van der Waals surface area (Å²) in [7, 11) is 0. The standard InChI is InChI=1S/C77H147NO5/c1-3-5-7-9-11-13-15-17-18-19-37-40-43-46-49-53-57-61-65-69-75(80)74(73-79)78-76(81)70-66-62-58-54-50-47-44-41-38-35-33-31-29-27-25-23-21-20-22-24-26-28-30-32-34-36-39-42-45-48-52-56-60-64-68-72-83-77(82)71-67-63-59-55-51-16-14-12-10-8-6-4-2/h12,14,22,24,65,69,74-75,79-80H,3-11,13,15-21,23,25-64,66-68,70-73H2,1-2H3,(H,78,81)/b14-12-,24-22-,69-65+. The third kappa shape index (κ3) is 69.1. The second kappa shape index (κ2) is 72.6. The van der Waals surface area contributed by atoms with Crippen LogP contribution in [-0.4, -0.2) is 47.4 Å². The molecule has 6 heteroatoms. The van der Waals surface area contributed by atoms with Gasteiger partial charge in [-0.05, 0) is 83.5 Å². The quantitative estimate of drug-likeness (QED) is 0.0320. The van der Waals surface area contributed by atoms with E-state index >= 15 is 0 Å². The summed E-state index contributed by atoms with van der Waals surface area (Å²) in [6.45, 7) is 4.92. The fourth-order valence-electron chi connectivity index (χ4n) is 11.9. The van der Waals surface area contributed by atoms with Crippen LogP contribution in [0.15, 0.2) is 36.5 Å². The second-order valence-electron chi connectivity index (χ2n) is 26.0. The highest BCUT2D eigenvalue weighted by atomic mass is 16.5. The molecule has 6 nitrogen and oxygen atoms in total. The summed E-state index contributed by atoms with van der Waals surface area (Å²) >= 11 is 0. The van der Waals surface area contributed by atoms with Gasteiger partial charge in [-0.15, -0.1) is 0 Å². The zero-order chi connectivity index (χ0) is 59.9. The Balaban J connectivity index is 3.36. The van der Waals surface area contributed by atoms with Gasteiger partial charge in [0, 0.05) is 12.8 Å². The molecule has 0 aliphatic heterocycles. The van der Waals surface area contributed by atoms with E-state index in [-0.39, 0.29) is 18.5 Å². The van der Waals surface area contributed by atoms with Crippen LogP contribution in [0.25, 0.3) is 0 Å². The lowest BCUT2D eigenvalue weighted by Gasteiger charge is -2.20. The summed E-state index contributed by atoms with van der Waals surface area (Å²) in [6, 6.07) is -0.626. The van der Waals surface area contributed by atoms with Crippen molar-refractivity contribution in [3.63, 3.8) is 0 Å². The second-order valence-corrected chi connectivity index (χ2v) is 26.0. The lowest BCUT2D eigenvalue weighted by atomic mass is 10.0. The minimum atomic E-state index is -0.843. The Kier molecular flexibility index (Phi) is 70.9. The minimum absolute atomic E-state index is 0.0102. The van der Waals surface area contributed by atoms with Crippen LogP contribution in [-0.2, 0) is 14.3 Å². The number of esters is 1. The van der Waals surface area contributed by atoms with Crippen LogP contribution in [0, 0.1) is 0 Å². The molecule has 0 spiro atoms. The highest BCUT2D eigenvalue weighted by Crippen LogP contribution is 2.19. The molecule has 0 bridgehead atoms. The molecule has 0 saturated carbocycles. The molecule has 0 aliphatic rings. The monoisotopic (exact) mass is 1170 g/mol. The molecule has 0 aliphatic carbocycles. The van der Waals surface area contributed by atoms with Crippen molar-refractivity contribution in [2.24, 2.45) is 0 Å². The van der Waals surface area contributed by atoms with Gasteiger partial charge in [0.1, 0.15) is 0 Å². The molecule has 83 heavy (non-hydrogen) atoms. The molecule has 0 saturated heterocycles. The molecular weight excluding hydrogens is 1020 g/mol. The van der Waals surface area contributed by atoms with Crippen molar-refractivity contribution in [3.8, 4) is 0 Å². The number of amides is 1. The predicted molar refractivity (Wildman–Crippen MR) is 366 cm³/mol. The molecule has 0 aromatic rings. The Morgan fingerprint density at radius 2 is 0.566 bits per heavy atom. The van der Waals surface area contributed by atoms with Crippen LogP contribution in [0.5, 0.6) is 0 Å². The fraction of sp³-hybridized carbons (Fsp3) is 0.896. The van der Waals surface area contributed by atoms with Gasteiger partial charge < -0.3 is 20.3 Å². The zero-order valence-corrected chi connectivity index (χ0v) is 56.2. The van der Waals surface area contributed by atoms with Crippen LogP contribution < -0.4 is 5.32 Å². The zero-order valence-electron chi connectivity index (χ0n) is 56.2. The SMILES string of the molecule is CCCCC/C=C\CCCCCCCC(=O)OCCCCCCCCCCCCCCCC/C=C\CCCCCCCCCCCCCCCCCCCC(=O)NC(CO)C(O)/C=C/CCCCCCCCCCCCCCCCCCC. The van der Waals surface area contributed by atoms with Gasteiger partial charge in [-0.1, -0.05) is 359 Å². The Morgan fingerprint density at radius 3 is 0.880 bits per heavy atom. The van der Waals surface area contributed by atoms with E-state index in [0.29, 0.717) is 19.4 Å². The average molecular weight is 1170 g/mol. The molecule has 3 N–H and O–H groups in total. The number of aliphatic hydroxyl groups is 2. The smallest absolute Gasteiger partial charge is 0.305 e. The van der Waals surface area contributed by atoms with Crippen molar-refractivity contribution < 1.29 is 24.5 Å². The molecule has 0 heterocycles. The maximum atomic E-state index is 12.5. The predicted octanol–water partition coefficient (Wildman–Crippen LogP) is 24.7. The van der Waals surface area contributed by atoms with Crippen LogP contribution in [0.1, 0.15) is 418 Å². The molecule has 0 aromatic heterocycles. The Bertz CT molecular complexity index is 1340. The average Bonchev–Trinajstić information content (AvgIpc) is 3.49. The van der Waals surface area contributed by atoms with Crippen molar-refractivity contribution in [3.05, 3.63) is 36.5 Å². The number of allylic oxidation sites excluding steroid dienone is 5. The number of hydrogen-bond donors (Lipinski definition) is 3. The highest BCUT2D eigenvalue weighted by molar-refractivity contribution is 5.76. The van der Waals surface area contributed by atoms with Crippen molar-refractivity contribution >= 4 is 11.9 Å². The van der Waals surface area contributed by atoms with E-state index in [1.54, 1.807) is 6.08 Å². The van der Waals surface area contributed by atoms with E-state index in [4.69, 9.17) is 4.74 Å². The molecule has 0 rings (SSSR count). The van der Waals surface area contributed by atoms with E-state index < -0.39 is 12.1 Å².